The van der Waals surface area contributed by atoms with Crippen molar-refractivity contribution >= 4 is 21.8 Å². The molecule has 3 heterocycles. The second kappa shape index (κ2) is 6.87. The molecular weight excluding hydrogens is 346 g/mol. The SMILES string of the molecule is O=C(c1ccc(Br)cn1)N1CCC(Oc2cccnc2)CC1. The molecule has 22 heavy (non-hydrogen) atoms. The third-order valence-corrected chi connectivity index (χ3v) is 4.08. The van der Waals surface area contributed by atoms with E-state index in [1.54, 1.807) is 24.7 Å². The van der Waals surface area contributed by atoms with Gasteiger partial charge in [0.15, 0.2) is 0 Å². The highest BCUT2D eigenvalue weighted by atomic mass is 79.9. The average Bonchev–Trinajstić information content (AvgIpc) is 2.57. The molecule has 0 unspecified atom stereocenters. The van der Waals surface area contributed by atoms with Gasteiger partial charge in [0.1, 0.15) is 17.5 Å². The van der Waals surface area contributed by atoms with Crippen LogP contribution in [0.1, 0.15) is 23.3 Å². The predicted molar refractivity (Wildman–Crippen MR) is 85.7 cm³/mol. The van der Waals surface area contributed by atoms with Gasteiger partial charge in [0.2, 0.25) is 0 Å². The van der Waals surface area contributed by atoms with Crippen LogP contribution in [-0.2, 0) is 0 Å². The molecule has 6 heteroatoms. The lowest BCUT2D eigenvalue weighted by Gasteiger charge is -2.31. The van der Waals surface area contributed by atoms with Crippen molar-refractivity contribution in [2.24, 2.45) is 0 Å². The topological polar surface area (TPSA) is 55.3 Å². The quantitative estimate of drug-likeness (QED) is 0.843. The Kier molecular flexibility index (Phi) is 4.68. The Balaban J connectivity index is 1.55. The van der Waals surface area contributed by atoms with E-state index < -0.39 is 0 Å². The number of aromatic nitrogens is 2. The van der Waals surface area contributed by atoms with Crippen molar-refractivity contribution < 1.29 is 9.53 Å². The molecule has 2 aromatic heterocycles. The number of carbonyl (C=O) groups excluding carboxylic acids is 1. The molecule has 1 amide bonds. The molecule has 114 valence electrons. The van der Waals surface area contributed by atoms with E-state index in [1.165, 1.54) is 0 Å². The maximum Gasteiger partial charge on any atom is 0.272 e. The minimum absolute atomic E-state index is 0.0210. The Morgan fingerprint density at radius 3 is 2.68 bits per heavy atom. The maximum absolute atomic E-state index is 12.4. The van der Waals surface area contributed by atoms with Crippen LogP contribution in [0.3, 0.4) is 0 Å². The van der Waals surface area contributed by atoms with Gasteiger partial charge in [-0.2, -0.15) is 0 Å². The average molecular weight is 362 g/mol. The molecule has 0 spiro atoms. The fraction of sp³-hybridized carbons (Fsp3) is 0.312. The van der Waals surface area contributed by atoms with Crippen LogP contribution >= 0.6 is 15.9 Å². The molecule has 2 aromatic rings. The van der Waals surface area contributed by atoms with Crippen LogP contribution < -0.4 is 4.74 Å². The third-order valence-electron chi connectivity index (χ3n) is 3.61. The number of pyridine rings is 2. The van der Waals surface area contributed by atoms with Crippen molar-refractivity contribution in [1.29, 1.82) is 0 Å². The Hall–Kier alpha value is -1.95. The molecule has 1 fully saturated rings. The number of hydrogen-bond acceptors (Lipinski definition) is 4. The molecular formula is C16H16BrN3O2. The fourth-order valence-corrected chi connectivity index (χ4v) is 2.68. The number of amides is 1. The number of nitrogens with zero attached hydrogens (tertiary/aromatic N) is 3. The molecule has 0 aromatic carbocycles. The first-order chi connectivity index (χ1) is 10.7. The molecule has 5 nitrogen and oxygen atoms in total. The van der Waals surface area contributed by atoms with Crippen LogP contribution in [0.2, 0.25) is 0 Å². The molecule has 1 saturated heterocycles. The van der Waals surface area contributed by atoms with E-state index in [9.17, 15) is 4.79 Å². The highest BCUT2D eigenvalue weighted by Gasteiger charge is 2.25. The van der Waals surface area contributed by atoms with Crippen molar-refractivity contribution in [3.05, 3.63) is 53.0 Å². The van der Waals surface area contributed by atoms with Gasteiger partial charge in [-0.25, -0.2) is 4.98 Å². The van der Waals surface area contributed by atoms with Crippen LogP contribution in [0.15, 0.2) is 47.3 Å². The van der Waals surface area contributed by atoms with Crippen LogP contribution in [0.4, 0.5) is 0 Å². The summed E-state index contributed by atoms with van der Waals surface area (Å²) in [5.74, 6) is 0.759. The summed E-state index contributed by atoms with van der Waals surface area (Å²) in [6.07, 6.45) is 6.84. The molecule has 1 aliphatic rings. The minimum atomic E-state index is -0.0210. The molecule has 3 rings (SSSR count). The smallest absolute Gasteiger partial charge is 0.272 e. The Morgan fingerprint density at radius 2 is 2.05 bits per heavy atom. The number of piperidine rings is 1. The van der Waals surface area contributed by atoms with Crippen LogP contribution in [0.25, 0.3) is 0 Å². The summed E-state index contributed by atoms with van der Waals surface area (Å²) in [6.45, 7) is 1.36. The number of ether oxygens (including phenoxy) is 1. The number of hydrogen-bond donors (Lipinski definition) is 0. The number of carbonyl (C=O) groups is 1. The van der Waals surface area contributed by atoms with E-state index in [0.717, 1.165) is 23.1 Å². The van der Waals surface area contributed by atoms with Crippen molar-refractivity contribution in [2.75, 3.05) is 13.1 Å². The van der Waals surface area contributed by atoms with Crippen molar-refractivity contribution in [3.8, 4) is 5.75 Å². The van der Waals surface area contributed by atoms with Gasteiger partial charge in [0.25, 0.3) is 5.91 Å². The Morgan fingerprint density at radius 1 is 1.23 bits per heavy atom. The number of likely N-dealkylation sites (tertiary alicyclic amines) is 1. The lowest BCUT2D eigenvalue weighted by Crippen LogP contribution is -2.42. The first-order valence-corrected chi connectivity index (χ1v) is 7.99. The largest absolute Gasteiger partial charge is 0.489 e. The fourth-order valence-electron chi connectivity index (χ4n) is 2.45. The number of halogens is 1. The van der Waals surface area contributed by atoms with Gasteiger partial charge in [-0.05, 0) is 40.2 Å². The summed E-state index contributed by atoms with van der Waals surface area (Å²) < 4.78 is 6.75. The summed E-state index contributed by atoms with van der Waals surface area (Å²) in [6, 6.07) is 7.33. The van der Waals surface area contributed by atoms with Crippen molar-refractivity contribution in [1.82, 2.24) is 14.9 Å². The summed E-state index contributed by atoms with van der Waals surface area (Å²) in [5.41, 5.74) is 0.481. The molecule has 0 bridgehead atoms. The lowest BCUT2D eigenvalue weighted by molar-refractivity contribution is 0.0589. The van der Waals surface area contributed by atoms with Gasteiger partial charge in [-0.1, -0.05) is 0 Å². The van der Waals surface area contributed by atoms with Crippen molar-refractivity contribution in [2.45, 2.75) is 18.9 Å². The molecule has 0 radical (unpaired) electrons. The molecule has 0 saturated carbocycles. The molecule has 0 N–H and O–H groups in total. The highest BCUT2D eigenvalue weighted by molar-refractivity contribution is 9.10. The second-order valence-electron chi connectivity index (χ2n) is 5.16. The monoisotopic (exact) mass is 361 g/mol. The van der Waals surface area contributed by atoms with E-state index >= 15 is 0 Å². The van der Waals surface area contributed by atoms with E-state index in [2.05, 4.69) is 25.9 Å². The highest BCUT2D eigenvalue weighted by Crippen LogP contribution is 2.19. The Bertz CT molecular complexity index is 626. The zero-order chi connectivity index (χ0) is 15.4. The molecule has 0 aliphatic carbocycles. The lowest BCUT2D eigenvalue weighted by atomic mass is 10.1. The van der Waals surface area contributed by atoms with Crippen molar-refractivity contribution in [3.63, 3.8) is 0 Å². The summed E-state index contributed by atoms with van der Waals surface area (Å²) in [4.78, 5) is 22.4. The second-order valence-corrected chi connectivity index (χ2v) is 6.08. The van der Waals surface area contributed by atoms with Gasteiger partial charge < -0.3 is 9.64 Å². The maximum atomic E-state index is 12.4. The van der Waals surface area contributed by atoms with Gasteiger partial charge in [-0.3, -0.25) is 9.78 Å². The van der Waals surface area contributed by atoms with Crippen LogP contribution in [0, 0.1) is 0 Å². The van der Waals surface area contributed by atoms with Gasteiger partial charge in [0.05, 0.1) is 6.20 Å². The van der Waals surface area contributed by atoms with Crippen LogP contribution in [-0.4, -0.2) is 40.0 Å². The van der Waals surface area contributed by atoms with E-state index in [1.807, 2.05) is 23.1 Å². The standard InChI is InChI=1S/C16H16BrN3O2/c17-12-3-4-15(19-10-12)16(21)20-8-5-13(6-9-20)22-14-2-1-7-18-11-14/h1-4,7,10-11,13H,5-6,8-9H2. The van der Waals surface area contributed by atoms with E-state index in [-0.39, 0.29) is 12.0 Å². The Labute approximate surface area is 137 Å². The first kappa shape index (κ1) is 15.0. The summed E-state index contributed by atoms with van der Waals surface area (Å²) in [5, 5.41) is 0. The third kappa shape index (κ3) is 3.62. The molecule has 0 atom stereocenters. The predicted octanol–water partition coefficient (Wildman–Crippen LogP) is 2.92. The van der Waals surface area contributed by atoms with Crippen LogP contribution in [0.5, 0.6) is 5.75 Å². The molecule has 1 aliphatic heterocycles. The summed E-state index contributed by atoms with van der Waals surface area (Å²) >= 11 is 3.32. The van der Waals surface area contributed by atoms with E-state index in [0.29, 0.717) is 18.8 Å². The van der Waals surface area contributed by atoms with E-state index in [4.69, 9.17) is 4.74 Å². The zero-order valence-corrected chi connectivity index (χ0v) is 13.6. The first-order valence-electron chi connectivity index (χ1n) is 7.20. The van der Waals surface area contributed by atoms with Gasteiger partial charge in [0, 0.05) is 42.8 Å². The summed E-state index contributed by atoms with van der Waals surface area (Å²) in [7, 11) is 0. The van der Waals surface area contributed by atoms with Gasteiger partial charge in [-0.15, -0.1) is 0 Å². The normalized spacial score (nSPS) is 15.6. The number of rotatable bonds is 3. The minimum Gasteiger partial charge on any atom is -0.489 e. The zero-order valence-electron chi connectivity index (χ0n) is 12.0. The van der Waals surface area contributed by atoms with Gasteiger partial charge >= 0.3 is 0 Å².